The Morgan fingerprint density at radius 3 is 1.73 bits per heavy atom. The van der Waals surface area contributed by atoms with Crippen molar-refractivity contribution in [1.29, 1.82) is 0 Å². The minimum atomic E-state index is 0.545. The molecule has 0 radical (unpaired) electrons. The summed E-state index contributed by atoms with van der Waals surface area (Å²) in [5, 5.41) is 6.95. The monoisotopic (exact) mass is 822 g/mol. The third-order valence-corrected chi connectivity index (χ3v) is 13.4. The quantitative estimate of drug-likeness (QED) is 0.168. The van der Waals surface area contributed by atoms with Crippen LogP contribution in [0.15, 0.2) is 211 Å². The molecule has 0 aliphatic carbocycles. The van der Waals surface area contributed by atoms with E-state index in [2.05, 4.69) is 199 Å². The third-order valence-electron chi connectivity index (χ3n) is 12.2. The summed E-state index contributed by atoms with van der Waals surface area (Å²) in [5.41, 5.74) is 12.1. The van der Waals surface area contributed by atoms with Crippen molar-refractivity contribution in [2.24, 2.45) is 0 Å². The summed E-state index contributed by atoms with van der Waals surface area (Å²) < 4.78 is 11.3. The van der Waals surface area contributed by atoms with Gasteiger partial charge in [-0.1, -0.05) is 146 Å². The minimum Gasteiger partial charge on any atom is -0.456 e. The molecule has 0 N–H and O–H groups in total. The lowest BCUT2D eigenvalue weighted by Gasteiger charge is -2.13. The van der Waals surface area contributed by atoms with Gasteiger partial charge in [-0.15, -0.1) is 11.3 Å². The first kappa shape index (κ1) is 35.6. The van der Waals surface area contributed by atoms with Crippen molar-refractivity contribution in [3.63, 3.8) is 0 Å². The fourth-order valence-electron chi connectivity index (χ4n) is 9.30. The van der Waals surface area contributed by atoms with Crippen LogP contribution in [0.1, 0.15) is 0 Å². The maximum absolute atomic E-state index is 6.63. The molecule has 9 aromatic carbocycles. The van der Waals surface area contributed by atoms with Gasteiger partial charge in [0.15, 0.2) is 11.6 Å². The molecule has 63 heavy (non-hydrogen) atoms. The fraction of sp³-hybridized carbons (Fsp3) is 0. The standard InChI is InChI=1S/C57H34N4OS/c1-4-15-35(16-5-1)39-29-40(36-17-6-2-7-18-36)31-41(30-39)56-58-55(38-27-28-45-51(32-38)62-50-25-14-23-42(54(45)50)37-19-8-3-9-20-37)59-57(60-56)61-48-24-12-10-21-43(48)46-33-47-44-22-11-13-26-52(44)63-53(47)34-49(46)61/h1-34H. The predicted octanol–water partition coefficient (Wildman–Crippen LogP) is 15.6. The number of furan rings is 1. The maximum atomic E-state index is 6.63. The summed E-state index contributed by atoms with van der Waals surface area (Å²) in [5.74, 6) is 1.68. The molecule has 0 unspecified atom stereocenters. The molecular formula is C57H34N4OS. The normalized spacial score (nSPS) is 11.8. The Bertz CT molecular complexity index is 3850. The van der Waals surface area contributed by atoms with Crippen molar-refractivity contribution in [3.8, 4) is 62.1 Å². The Morgan fingerprint density at radius 2 is 0.984 bits per heavy atom. The number of thiophene rings is 1. The topological polar surface area (TPSA) is 56.7 Å². The second kappa shape index (κ2) is 14.2. The average Bonchev–Trinajstić information content (AvgIpc) is 4.02. The number of hydrogen-bond acceptors (Lipinski definition) is 5. The Balaban J connectivity index is 1.08. The molecular weight excluding hydrogens is 789 g/mol. The number of fused-ring (bicyclic) bond motifs is 9. The third kappa shape index (κ3) is 5.87. The van der Waals surface area contributed by atoms with Gasteiger partial charge in [-0.2, -0.15) is 9.97 Å². The number of benzene rings is 9. The van der Waals surface area contributed by atoms with E-state index in [1.807, 2.05) is 23.5 Å². The lowest BCUT2D eigenvalue weighted by Crippen LogP contribution is -2.06. The van der Waals surface area contributed by atoms with E-state index in [0.29, 0.717) is 17.6 Å². The fourth-order valence-corrected chi connectivity index (χ4v) is 10.4. The van der Waals surface area contributed by atoms with E-state index >= 15 is 0 Å². The highest BCUT2D eigenvalue weighted by molar-refractivity contribution is 7.25. The van der Waals surface area contributed by atoms with Gasteiger partial charge in [0, 0.05) is 52.8 Å². The Hall–Kier alpha value is -8.19. The molecule has 0 spiro atoms. The van der Waals surface area contributed by atoms with Gasteiger partial charge >= 0.3 is 0 Å². The highest BCUT2D eigenvalue weighted by Crippen LogP contribution is 2.42. The zero-order chi connectivity index (χ0) is 41.4. The molecule has 13 aromatic rings. The molecule has 294 valence electrons. The van der Waals surface area contributed by atoms with Crippen molar-refractivity contribution in [3.05, 3.63) is 206 Å². The van der Waals surface area contributed by atoms with Crippen molar-refractivity contribution in [1.82, 2.24) is 19.5 Å². The minimum absolute atomic E-state index is 0.545. The molecule has 4 heterocycles. The molecule has 0 aliphatic rings. The number of aromatic nitrogens is 4. The first-order chi connectivity index (χ1) is 31.2. The Labute approximate surface area is 365 Å². The molecule has 4 aromatic heterocycles. The second-order valence-electron chi connectivity index (χ2n) is 16.0. The van der Waals surface area contributed by atoms with Gasteiger partial charge in [0.1, 0.15) is 11.2 Å². The van der Waals surface area contributed by atoms with Crippen molar-refractivity contribution >= 4 is 75.3 Å². The predicted molar refractivity (Wildman–Crippen MR) is 262 cm³/mol. The molecule has 0 amide bonds. The largest absolute Gasteiger partial charge is 0.456 e. The van der Waals surface area contributed by atoms with Gasteiger partial charge in [-0.3, -0.25) is 4.57 Å². The van der Waals surface area contributed by atoms with Gasteiger partial charge in [0.2, 0.25) is 5.95 Å². The summed E-state index contributed by atoms with van der Waals surface area (Å²) >= 11 is 1.81. The second-order valence-corrected chi connectivity index (χ2v) is 17.1. The van der Waals surface area contributed by atoms with E-state index in [1.54, 1.807) is 0 Å². The summed E-state index contributed by atoms with van der Waals surface area (Å²) in [4.78, 5) is 16.2. The molecule has 13 rings (SSSR count). The first-order valence-electron chi connectivity index (χ1n) is 21.1. The number of nitrogens with zero attached hydrogens (tertiary/aromatic N) is 4. The zero-order valence-electron chi connectivity index (χ0n) is 33.7. The van der Waals surface area contributed by atoms with Crippen LogP contribution in [0, 0.1) is 0 Å². The molecule has 0 bridgehead atoms. The lowest BCUT2D eigenvalue weighted by molar-refractivity contribution is 0.669. The highest BCUT2D eigenvalue weighted by Gasteiger charge is 2.21. The van der Waals surface area contributed by atoms with Crippen LogP contribution in [0.5, 0.6) is 0 Å². The maximum Gasteiger partial charge on any atom is 0.238 e. The smallest absolute Gasteiger partial charge is 0.238 e. The molecule has 0 saturated carbocycles. The number of hydrogen-bond donors (Lipinski definition) is 0. The van der Waals surface area contributed by atoms with Gasteiger partial charge < -0.3 is 4.42 Å². The van der Waals surface area contributed by atoms with Crippen LogP contribution in [-0.2, 0) is 0 Å². The van der Waals surface area contributed by atoms with Crippen LogP contribution >= 0.6 is 11.3 Å². The van der Waals surface area contributed by atoms with E-state index in [0.717, 1.165) is 88.3 Å². The van der Waals surface area contributed by atoms with Crippen LogP contribution in [-0.4, -0.2) is 19.5 Å². The van der Waals surface area contributed by atoms with Crippen LogP contribution in [0.25, 0.3) is 126 Å². The average molecular weight is 823 g/mol. The summed E-state index contributed by atoms with van der Waals surface area (Å²) in [6.45, 7) is 0. The van der Waals surface area contributed by atoms with Gasteiger partial charge in [-0.05, 0) is 94.0 Å². The Kier molecular flexibility index (Phi) is 8.01. The van der Waals surface area contributed by atoms with E-state index < -0.39 is 0 Å². The van der Waals surface area contributed by atoms with Gasteiger partial charge in [0.25, 0.3) is 0 Å². The molecule has 6 heteroatoms. The summed E-state index contributed by atoms with van der Waals surface area (Å²) in [6, 6.07) is 72.6. The molecule has 0 saturated heterocycles. The molecule has 5 nitrogen and oxygen atoms in total. The van der Waals surface area contributed by atoms with Crippen LogP contribution < -0.4 is 0 Å². The van der Waals surface area contributed by atoms with Gasteiger partial charge in [0.05, 0.1) is 11.0 Å². The first-order valence-corrected chi connectivity index (χ1v) is 21.9. The Morgan fingerprint density at radius 1 is 0.349 bits per heavy atom. The highest BCUT2D eigenvalue weighted by atomic mass is 32.1. The van der Waals surface area contributed by atoms with Gasteiger partial charge in [-0.25, -0.2) is 4.98 Å². The van der Waals surface area contributed by atoms with Crippen molar-refractivity contribution < 1.29 is 4.42 Å². The van der Waals surface area contributed by atoms with Crippen LogP contribution in [0.3, 0.4) is 0 Å². The SMILES string of the molecule is c1ccc(-c2cc(-c3ccccc3)cc(-c3nc(-c4ccc5c(c4)oc4cccc(-c6ccccc6)c45)nc(-n4c5ccccc5c5cc6c(cc54)sc4ccccc46)n3)c2)cc1. The molecule has 0 fully saturated rings. The van der Waals surface area contributed by atoms with Crippen molar-refractivity contribution in [2.75, 3.05) is 0 Å². The number of para-hydroxylation sites is 1. The zero-order valence-corrected chi connectivity index (χ0v) is 34.6. The van der Waals surface area contributed by atoms with Crippen molar-refractivity contribution in [2.45, 2.75) is 0 Å². The van der Waals surface area contributed by atoms with E-state index in [1.165, 1.54) is 20.2 Å². The van der Waals surface area contributed by atoms with E-state index in [9.17, 15) is 0 Å². The summed E-state index contributed by atoms with van der Waals surface area (Å²) in [6.07, 6.45) is 0. The van der Waals surface area contributed by atoms with E-state index in [-0.39, 0.29) is 0 Å². The number of rotatable bonds is 6. The lowest BCUT2D eigenvalue weighted by atomic mass is 9.96. The van der Waals surface area contributed by atoms with E-state index in [4.69, 9.17) is 19.4 Å². The summed E-state index contributed by atoms with van der Waals surface area (Å²) in [7, 11) is 0. The molecule has 0 aliphatic heterocycles. The van der Waals surface area contributed by atoms with Crippen LogP contribution in [0.4, 0.5) is 0 Å². The van der Waals surface area contributed by atoms with Crippen LogP contribution in [0.2, 0.25) is 0 Å². The molecule has 0 atom stereocenters.